The lowest BCUT2D eigenvalue weighted by molar-refractivity contribution is -0.376. The quantitative estimate of drug-likeness (QED) is 0.386. The van der Waals surface area contributed by atoms with E-state index in [-0.39, 0.29) is 31.6 Å². The Balaban J connectivity index is 1.30. The number of halogens is 6. The van der Waals surface area contributed by atoms with Crippen molar-refractivity contribution < 1.29 is 50.9 Å². The number of aliphatic hydroxyl groups excluding tert-OH is 1. The number of fused-ring (bicyclic) bond motifs is 1. The molecule has 252 valence electrons. The molecule has 3 aliphatic heterocycles. The van der Waals surface area contributed by atoms with Gasteiger partial charge in [0.25, 0.3) is 5.60 Å². The Labute approximate surface area is 261 Å². The predicted octanol–water partition coefficient (Wildman–Crippen LogP) is 4.18. The molecular formula is C31H36F6N4O5. The zero-order valence-corrected chi connectivity index (χ0v) is 25.5. The van der Waals surface area contributed by atoms with Crippen LogP contribution in [0.4, 0.5) is 36.8 Å². The fraction of sp³-hybridized carbons (Fsp3) is 0.548. The number of alkyl halides is 6. The number of rotatable bonds is 7. The minimum atomic E-state index is -6.00. The van der Waals surface area contributed by atoms with Gasteiger partial charge in [-0.2, -0.15) is 26.3 Å². The number of ether oxygens (including phenoxy) is 1. The van der Waals surface area contributed by atoms with Crippen LogP contribution in [0.2, 0.25) is 0 Å². The van der Waals surface area contributed by atoms with Crippen LogP contribution < -0.4 is 15.0 Å². The Bertz CT molecular complexity index is 1490. The summed E-state index contributed by atoms with van der Waals surface area (Å²) in [7, 11) is 0. The van der Waals surface area contributed by atoms with Gasteiger partial charge in [0, 0.05) is 43.3 Å². The number of carbonyl (C=O) groups is 2. The molecule has 15 heteroatoms. The fourth-order valence-corrected chi connectivity index (χ4v) is 6.49. The van der Waals surface area contributed by atoms with Crippen molar-refractivity contribution in [1.29, 1.82) is 0 Å². The zero-order chi connectivity index (χ0) is 33.8. The van der Waals surface area contributed by atoms with Gasteiger partial charge in [0.2, 0.25) is 5.91 Å². The second-order valence-electron chi connectivity index (χ2n) is 12.2. The van der Waals surface area contributed by atoms with Gasteiger partial charge < -0.3 is 30.1 Å². The van der Waals surface area contributed by atoms with Crippen LogP contribution in [-0.2, 0) is 28.8 Å². The summed E-state index contributed by atoms with van der Waals surface area (Å²) in [6.45, 7) is 5.76. The molecular weight excluding hydrogens is 622 g/mol. The molecule has 9 nitrogen and oxygen atoms in total. The van der Waals surface area contributed by atoms with E-state index < -0.39 is 59.8 Å². The van der Waals surface area contributed by atoms with Gasteiger partial charge in [0.1, 0.15) is 17.8 Å². The molecule has 0 spiro atoms. The third-order valence-electron chi connectivity index (χ3n) is 9.17. The van der Waals surface area contributed by atoms with Crippen LogP contribution in [0.3, 0.4) is 0 Å². The summed E-state index contributed by atoms with van der Waals surface area (Å²) >= 11 is 0. The average Bonchev–Trinajstić information content (AvgIpc) is 3.54. The molecule has 3 N–H and O–H groups in total. The number of nitrogens with zero attached hydrogens (tertiary/aromatic N) is 3. The molecule has 2 saturated heterocycles. The fourth-order valence-electron chi connectivity index (χ4n) is 6.49. The number of urea groups is 1. The van der Waals surface area contributed by atoms with Crippen molar-refractivity contribution in [2.75, 3.05) is 37.7 Å². The van der Waals surface area contributed by atoms with Crippen LogP contribution in [0, 0.1) is 0 Å². The second-order valence-corrected chi connectivity index (χ2v) is 12.2. The van der Waals surface area contributed by atoms with Crippen LogP contribution in [0.1, 0.15) is 49.4 Å². The van der Waals surface area contributed by atoms with E-state index >= 15 is 0 Å². The van der Waals surface area contributed by atoms with Crippen molar-refractivity contribution in [2.45, 2.75) is 75.8 Å². The molecule has 46 heavy (non-hydrogen) atoms. The maximum atomic E-state index is 13.5. The maximum absolute atomic E-state index is 13.5. The zero-order valence-electron chi connectivity index (χ0n) is 25.5. The maximum Gasteiger partial charge on any atom is 0.430 e. The molecule has 3 atom stereocenters. The van der Waals surface area contributed by atoms with E-state index in [1.807, 2.05) is 6.07 Å². The average molecular weight is 659 g/mol. The number of hydrogen-bond donors (Lipinski definition) is 3. The Morgan fingerprint density at radius 2 is 1.78 bits per heavy atom. The summed E-state index contributed by atoms with van der Waals surface area (Å²) in [5, 5.41) is 23.9. The topological polar surface area (TPSA) is 106 Å². The van der Waals surface area contributed by atoms with Crippen molar-refractivity contribution in [2.24, 2.45) is 0 Å². The molecule has 2 fully saturated rings. The van der Waals surface area contributed by atoms with Gasteiger partial charge in [-0.3, -0.25) is 9.69 Å². The highest BCUT2D eigenvalue weighted by atomic mass is 19.4. The van der Waals surface area contributed by atoms with Crippen LogP contribution in [0.25, 0.3) is 0 Å². The summed E-state index contributed by atoms with van der Waals surface area (Å²) in [4.78, 5) is 30.6. The number of aryl methyl sites for hydroxylation is 1. The van der Waals surface area contributed by atoms with Crippen LogP contribution in [0.15, 0.2) is 36.4 Å². The molecule has 0 aromatic heterocycles. The molecule has 0 aliphatic carbocycles. The van der Waals surface area contributed by atoms with E-state index in [4.69, 9.17) is 4.74 Å². The molecule has 2 unspecified atom stereocenters. The number of aliphatic hydroxyl groups is 2. The SMILES string of the molecule is CCCc1cc(C(O)(C(F)(F)F)C(F)(F)F)ccc1N1CCN(C(=O)CN2C(=O)NC(C)(c3ccc4c(c3)OCC4)C2O)C[C@@H]1C. The first-order valence-electron chi connectivity index (χ1n) is 15.0. The lowest BCUT2D eigenvalue weighted by atomic mass is 9.89. The number of nitrogens with one attached hydrogen (secondary N) is 1. The molecule has 5 rings (SSSR count). The van der Waals surface area contributed by atoms with Crippen molar-refractivity contribution in [3.8, 4) is 5.75 Å². The summed E-state index contributed by atoms with van der Waals surface area (Å²) in [5.74, 6) is 0.237. The predicted molar refractivity (Wildman–Crippen MR) is 154 cm³/mol. The largest absolute Gasteiger partial charge is 0.493 e. The van der Waals surface area contributed by atoms with E-state index in [0.717, 1.165) is 29.0 Å². The standard InChI is InChI=1S/C31H36F6N4O5/c1-4-5-20-14-22(29(45,30(32,33)34)31(35,36)37)8-9-23(20)40-12-11-39(16-18(40)2)25(42)17-41-26(43)28(3,38-27(41)44)21-7-6-19-10-13-46-24(19)15-21/h6-9,14-15,18,26,43,45H,4-5,10-13,16-17H2,1-3H3,(H,38,44)/t18-,26?,28?/m0/s1. The minimum Gasteiger partial charge on any atom is -0.493 e. The Morgan fingerprint density at radius 1 is 1.09 bits per heavy atom. The van der Waals surface area contributed by atoms with E-state index in [1.165, 1.54) is 4.90 Å². The van der Waals surface area contributed by atoms with Crippen molar-refractivity contribution in [1.82, 2.24) is 15.1 Å². The van der Waals surface area contributed by atoms with Crippen molar-refractivity contribution in [3.63, 3.8) is 0 Å². The Kier molecular flexibility index (Phi) is 8.64. The molecule has 0 bridgehead atoms. The summed E-state index contributed by atoms with van der Waals surface area (Å²) in [6.07, 6.45) is -12.0. The number of benzene rings is 2. The van der Waals surface area contributed by atoms with E-state index in [0.29, 0.717) is 36.1 Å². The molecule has 2 aromatic carbocycles. The monoisotopic (exact) mass is 658 g/mol. The third kappa shape index (κ3) is 5.61. The van der Waals surface area contributed by atoms with Crippen molar-refractivity contribution in [3.05, 3.63) is 58.7 Å². The van der Waals surface area contributed by atoms with E-state index in [2.05, 4.69) is 5.32 Å². The number of hydrogen-bond acceptors (Lipinski definition) is 6. The van der Waals surface area contributed by atoms with Gasteiger partial charge >= 0.3 is 18.4 Å². The number of amides is 3. The molecule has 3 heterocycles. The third-order valence-corrected chi connectivity index (χ3v) is 9.17. The number of carbonyl (C=O) groups excluding carboxylic acids is 2. The molecule has 3 amide bonds. The number of anilines is 1. The summed E-state index contributed by atoms with van der Waals surface area (Å²) in [5.41, 5.74) is -5.32. The van der Waals surface area contributed by atoms with Gasteiger partial charge in [-0.15, -0.1) is 0 Å². The first-order valence-corrected chi connectivity index (χ1v) is 15.0. The van der Waals surface area contributed by atoms with Crippen LogP contribution >= 0.6 is 0 Å². The van der Waals surface area contributed by atoms with Gasteiger partial charge in [-0.25, -0.2) is 4.79 Å². The van der Waals surface area contributed by atoms with E-state index in [9.17, 15) is 46.1 Å². The highest BCUT2D eigenvalue weighted by Gasteiger charge is 2.71. The molecule has 0 saturated carbocycles. The van der Waals surface area contributed by atoms with Crippen molar-refractivity contribution >= 4 is 17.6 Å². The van der Waals surface area contributed by atoms with Crippen LogP contribution in [-0.4, -0.2) is 89.4 Å². The molecule has 0 radical (unpaired) electrons. The lowest BCUT2D eigenvalue weighted by Crippen LogP contribution is -2.56. The minimum absolute atomic E-state index is 0.145. The highest BCUT2D eigenvalue weighted by molar-refractivity contribution is 5.86. The van der Waals surface area contributed by atoms with Gasteiger partial charge in [-0.05, 0) is 49.1 Å². The Hall–Kier alpha value is -3.72. The Morgan fingerprint density at radius 3 is 2.41 bits per heavy atom. The smallest absolute Gasteiger partial charge is 0.430 e. The van der Waals surface area contributed by atoms with E-state index in [1.54, 1.807) is 37.8 Å². The number of piperazine rings is 1. The normalized spacial score (nSPS) is 23.8. The van der Waals surface area contributed by atoms with Gasteiger partial charge in [-0.1, -0.05) is 37.6 Å². The molecule has 2 aromatic rings. The van der Waals surface area contributed by atoms with Gasteiger partial charge in [0.05, 0.1) is 6.61 Å². The summed E-state index contributed by atoms with van der Waals surface area (Å²) < 4.78 is 86.9. The van der Waals surface area contributed by atoms with Gasteiger partial charge in [0.15, 0.2) is 6.23 Å². The summed E-state index contributed by atoms with van der Waals surface area (Å²) in [6, 6.07) is 6.95. The van der Waals surface area contributed by atoms with Crippen LogP contribution in [0.5, 0.6) is 5.75 Å². The first kappa shape index (κ1) is 33.6. The molecule has 3 aliphatic rings. The lowest BCUT2D eigenvalue weighted by Gasteiger charge is -2.43. The second kappa shape index (κ2) is 11.8. The highest BCUT2D eigenvalue weighted by Crippen LogP contribution is 2.50. The first-order chi connectivity index (χ1) is 21.4.